The highest BCUT2D eigenvalue weighted by atomic mass is 15.1. The summed E-state index contributed by atoms with van der Waals surface area (Å²) in [5, 5.41) is 3.21. The number of nitrogens with one attached hydrogen (secondary N) is 1. The van der Waals surface area contributed by atoms with Crippen molar-refractivity contribution in [3.05, 3.63) is 17.5 Å². The van der Waals surface area contributed by atoms with Crippen molar-refractivity contribution in [3.8, 4) is 0 Å². The first-order chi connectivity index (χ1) is 6.25. The lowest BCUT2D eigenvalue weighted by molar-refractivity contribution is 0.863. The van der Waals surface area contributed by atoms with Crippen LogP contribution in [0.1, 0.15) is 31.5 Å². The normalized spacial score (nSPS) is 14.7. The van der Waals surface area contributed by atoms with Gasteiger partial charge in [0, 0.05) is 17.9 Å². The van der Waals surface area contributed by atoms with Gasteiger partial charge in [-0.25, -0.2) is 9.97 Å². The van der Waals surface area contributed by atoms with Crippen molar-refractivity contribution in [2.45, 2.75) is 39.2 Å². The van der Waals surface area contributed by atoms with Crippen molar-refractivity contribution < 1.29 is 0 Å². The summed E-state index contributed by atoms with van der Waals surface area (Å²) in [6.07, 6.45) is 5.46. The molecular formula is C10H15N3. The Morgan fingerprint density at radius 3 is 3.00 bits per heavy atom. The summed E-state index contributed by atoms with van der Waals surface area (Å²) >= 11 is 0. The number of hydrogen-bond acceptors (Lipinski definition) is 3. The quantitative estimate of drug-likeness (QED) is 0.748. The summed E-state index contributed by atoms with van der Waals surface area (Å²) in [5.41, 5.74) is 2.56. The molecule has 70 valence electrons. The van der Waals surface area contributed by atoms with Gasteiger partial charge in [-0.2, -0.15) is 0 Å². The van der Waals surface area contributed by atoms with Gasteiger partial charge < -0.3 is 5.32 Å². The molecule has 13 heavy (non-hydrogen) atoms. The SMILES string of the molecule is CC(C)Nc1ncc2c(n1)CCC2. The number of anilines is 1. The Hall–Kier alpha value is -1.12. The van der Waals surface area contributed by atoms with Crippen molar-refractivity contribution in [1.29, 1.82) is 0 Å². The number of aromatic nitrogens is 2. The lowest BCUT2D eigenvalue weighted by atomic mass is 10.3. The monoisotopic (exact) mass is 177 g/mol. The second kappa shape index (κ2) is 3.32. The van der Waals surface area contributed by atoms with E-state index >= 15 is 0 Å². The van der Waals surface area contributed by atoms with Crippen LogP contribution in [-0.4, -0.2) is 16.0 Å². The van der Waals surface area contributed by atoms with Crippen molar-refractivity contribution >= 4 is 5.95 Å². The van der Waals surface area contributed by atoms with Gasteiger partial charge in [0.15, 0.2) is 0 Å². The van der Waals surface area contributed by atoms with E-state index in [0.717, 1.165) is 18.8 Å². The predicted molar refractivity (Wildman–Crippen MR) is 52.8 cm³/mol. The topological polar surface area (TPSA) is 37.8 Å². The molecule has 3 heteroatoms. The van der Waals surface area contributed by atoms with E-state index in [2.05, 4.69) is 29.1 Å². The zero-order valence-electron chi connectivity index (χ0n) is 8.17. The van der Waals surface area contributed by atoms with Crippen LogP contribution >= 0.6 is 0 Å². The second-order valence-electron chi connectivity index (χ2n) is 3.82. The third kappa shape index (κ3) is 1.79. The summed E-state index contributed by atoms with van der Waals surface area (Å²) in [4.78, 5) is 8.74. The van der Waals surface area contributed by atoms with Gasteiger partial charge in [0.2, 0.25) is 5.95 Å². The van der Waals surface area contributed by atoms with E-state index in [9.17, 15) is 0 Å². The maximum absolute atomic E-state index is 4.47. The molecular weight excluding hydrogens is 162 g/mol. The number of nitrogens with zero attached hydrogens (tertiary/aromatic N) is 2. The molecule has 1 heterocycles. The van der Waals surface area contributed by atoms with Crippen LogP contribution in [0.25, 0.3) is 0 Å². The fourth-order valence-corrected chi connectivity index (χ4v) is 1.64. The molecule has 0 saturated heterocycles. The Morgan fingerprint density at radius 1 is 1.38 bits per heavy atom. The summed E-state index contributed by atoms with van der Waals surface area (Å²) in [7, 11) is 0. The fourth-order valence-electron chi connectivity index (χ4n) is 1.64. The van der Waals surface area contributed by atoms with Crippen LogP contribution < -0.4 is 5.32 Å². The molecule has 1 aliphatic rings. The number of rotatable bonds is 2. The summed E-state index contributed by atoms with van der Waals surface area (Å²) < 4.78 is 0. The van der Waals surface area contributed by atoms with E-state index in [1.807, 2.05) is 6.20 Å². The van der Waals surface area contributed by atoms with Crippen LogP contribution in [0.15, 0.2) is 6.20 Å². The van der Waals surface area contributed by atoms with Gasteiger partial charge in [0.25, 0.3) is 0 Å². The van der Waals surface area contributed by atoms with Crippen molar-refractivity contribution in [1.82, 2.24) is 9.97 Å². The van der Waals surface area contributed by atoms with Gasteiger partial charge in [-0.05, 0) is 38.7 Å². The van der Waals surface area contributed by atoms with Crippen LogP contribution in [0.3, 0.4) is 0 Å². The second-order valence-corrected chi connectivity index (χ2v) is 3.82. The van der Waals surface area contributed by atoms with Crippen molar-refractivity contribution in [2.24, 2.45) is 0 Å². The molecule has 1 N–H and O–H groups in total. The highest BCUT2D eigenvalue weighted by Crippen LogP contribution is 2.19. The average molecular weight is 177 g/mol. The zero-order valence-corrected chi connectivity index (χ0v) is 8.17. The molecule has 1 aliphatic carbocycles. The molecule has 1 aromatic rings. The standard InChI is InChI=1S/C10H15N3/c1-7(2)12-10-11-6-8-4-3-5-9(8)13-10/h6-7H,3-5H2,1-2H3,(H,11,12,13). The molecule has 0 aliphatic heterocycles. The smallest absolute Gasteiger partial charge is 0.223 e. The van der Waals surface area contributed by atoms with Crippen molar-refractivity contribution in [3.63, 3.8) is 0 Å². The van der Waals surface area contributed by atoms with Crippen LogP contribution in [-0.2, 0) is 12.8 Å². The number of fused-ring (bicyclic) bond motifs is 1. The molecule has 0 atom stereocenters. The van der Waals surface area contributed by atoms with Gasteiger partial charge in [-0.3, -0.25) is 0 Å². The Bertz CT molecular complexity index is 307. The summed E-state index contributed by atoms with van der Waals surface area (Å²) in [5.74, 6) is 0.774. The van der Waals surface area contributed by atoms with Gasteiger partial charge in [0.1, 0.15) is 0 Å². The highest BCUT2D eigenvalue weighted by molar-refractivity contribution is 5.32. The molecule has 0 bridgehead atoms. The van der Waals surface area contributed by atoms with E-state index in [-0.39, 0.29) is 0 Å². The lowest BCUT2D eigenvalue weighted by Gasteiger charge is -2.08. The van der Waals surface area contributed by atoms with Gasteiger partial charge in [-0.1, -0.05) is 0 Å². The van der Waals surface area contributed by atoms with Crippen LogP contribution in [0.4, 0.5) is 5.95 Å². The maximum Gasteiger partial charge on any atom is 0.223 e. The molecule has 0 saturated carbocycles. The molecule has 0 radical (unpaired) electrons. The lowest BCUT2D eigenvalue weighted by Crippen LogP contribution is -2.13. The minimum Gasteiger partial charge on any atom is -0.352 e. The third-order valence-electron chi connectivity index (χ3n) is 2.23. The van der Waals surface area contributed by atoms with Gasteiger partial charge >= 0.3 is 0 Å². The number of hydrogen-bond donors (Lipinski definition) is 1. The number of aryl methyl sites for hydroxylation is 2. The van der Waals surface area contributed by atoms with Crippen molar-refractivity contribution in [2.75, 3.05) is 5.32 Å². The molecule has 0 aromatic carbocycles. The molecule has 1 aromatic heterocycles. The van der Waals surface area contributed by atoms with E-state index in [0.29, 0.717) is 6.04 Å². The minimum atomic E-state index is 0.402. The molecule has 0 spiro atoms. The fraction of sp³-hybridized carbons (Fsp3) is 0.600. The van der Waals surface area contributed by atoms with Crippen LogP contribution in [0.5, 0.6) is 0 Å². The Balaban J connectivity index is 2.21. The first-order valence-electron chi connectivity index (χ1n) is 4.87. The first-order valence-corrected chi connectivity index (χ1v) is 4.87. The summed E-state index contributed by atoms with van der Waals surface area (Å²) in [6, 6.07) is 0.402. The minimum absolute atomic E-state index is 0.402. The molecule has 0 fully saturated rings. The summed E-state index contributed by atoms with van der Waals surface area (Å²) in [6.45, 7) is 4.19. The Morgan fingerprint density at radius 2 is 2.23 bits per heavy atom. The van der Waals surface area contributed by atoms with Crippen LogP contribution in [0.2, 0.25) is 0 Å². The third-order valence-corrected chi connectivity index (χ3v) is 2.23. The molecule has 3 nitrogen and oxygen atoms in total. The van der Waals surface area contributed by atoms with E-state index in [4.69, 9.17) is 0 Å². The van der Waals surface area contributed by atoms with Crippen LogP contribution in [0, 0.1) is 0 Å². The van der Waals surface area contributed by atoms with E-state index < -0.39 is 0 Å². The maximum atomic E-state index is 4.47. The van der Waals surface area contributed by atoms with Gasteiger partial charge in [0.05, 0.1) is 0 Å². The Labute approximate surface area is 78.6 Å². The first kappa shape index (κ1) is 8.48. The van der Waals surface area contributed by atoms with E-state index in [1.165, 1.54) is 17.7 Å². The van der Waals surface area contributed by atoms with Gasteiger partial charge in [-0.15, -0.1) is 0 Å². The molecule has 2 rings (SSSR count). The highest BCUT2D eigenvalue weighted by Gasteiger charge is 2.13. The van der Waals surface area contributed by atoms with E-state index in [1.54, 1.807) is 0 Å². The molecule has 0 amide bonds. The Kier molecular flexibility index (Phi) is 2.17. The molecule has 0 unspecified atom stereocenters. The zero-order chi connectivity index (χ0) is 9.26. The average Bonchev–Trinajstić information content (AvgIpc) is 2.49. The largest absolute Gasteiger partial charge is 0.352 e. The predicted octanol–water partition coefficient (Wildman–Crippen LogP) is 1.79.